The fraction of sp³-hybridized carbons (Fsp3) is 0.143. The molecule has 0 spiro atoms. The number of nitrogens with one attached hydrogen (secondary N) is 2. The highest BCUT2D eigenvalue weighted by atomic mass is 16.5. The number of methoxy groups -OCH3 is 1. The molecule has 21 heavy (non-hydrogen) atoms. The summed E-state index contributed by atoms with van der Waals surface area (Å²) in [5.74, 6) is 6.63. The van der Waals surface area contributed by atoms with Crippen molar-refractivity contribution in [2.45, 2.75) is 6.61 Å². The summed E-state index contributed by atoms with van der Waals surface area (Å²) in [4.78, 5) is 8.72. The molecule has 0 aliphatic heterocycles. The first kappa shape index (κ1) is 13.3. The first-order valence-electron chi connectivity index (χ1n) is 6.46. The van der Waals surface area contributed by atoms with Gasteiger partial charge < -0.3 is 19.9 Å². The second kappa shape index (κ2) is 5.78. The van der Waals surface area contributed by atoms with Crippen molar-refractivity contribution in [3.8, 4) is 0 Å². The SMILES string of the molecule is COCc1ccccc1Nc1nc(NN)cn2ccnc12. The molecule has 0 radical (unpaired) electrons. The predicted molar refractivity (Wildman–Crippen MR) is 81.2 cm³/mol. The maximum absolute atomic E-state index is 5.46. The summed E-state index contributed by atoms with van der Waals surface area (Å²) in [5, 5.41) is 3.29. The van der Waals surface area contributed by atoms with E-state index in [9.17, 15) is 0 Å². The predicted octanol–water partition coefficient (Wildman–Crippen LogP) is 1.90. The zero-order chi connectivity index (χ0) is 14.7. The molecule has 0 saturated heterocycles. The van der Waals surface area contributed by atoms with Gasteiger partial charge in [0.25, 0.3) is 0 Å². The average Bonchev–Trinajstić information content (AvgIpc) is 2.98. The quantitative estimate of drug-likeness (QED) is 0.490. The van der Waals surface area contributed by atoms with Crippen molar-refractivity contribution >= 4 is 23.0 Å². The Hall–Kier alpha value is -2.64. The van der Waals surface area contributed by atoms with Gasteiger partial charge in [0.05, 0.1) is 12.8 Å². The molecule has 2 heterocycles. The summed E-state index contributed by atoms with van der Waals surface area (Å²) < 4.78 is 7.06. The molecule has 4 N–H and O–H groups in total. The van der Waals surface area contributed by atoms with Gasteiger partial charge in [0.1, 0.15) is 0 Å². The number of aromatic nitrogens is 3. The smallest absolute Gasteiger partial charge is 0.180 e. The minimum absolute atomic E-state index is 0.517. The topological polar surface area (TPSA) is 89.5 Å². The molecule has 108 valence electrons. The van der Waals surface area contributed by atoms with E-state index in [1.165, 1.54) is 0 Å². The van der Waals surface area contributed by atoms with Gasteiger partial charge >= 0.3 is 0 Å². The third kappa shape index (κ3) is 2.64. The van der Waals surface area contributed by atoms with Crippen LogP contribution in [0, 0.1) is 0 Å². The molecule has 0 saturated carbocycles. The van der Waals surface area contributed by atoms with Gasteiger partial charge in [-0.05, 0) is 6.07 Å². The van der Waals surface area contributed by atoms with Crippen LogP contribution in [0.4, 0.5) is 17.3 Å². The molecule has 0 aliphatic rings. The van der Waals surface area contributed by atoms with E-state index in [1.54, 1.807) is 19.5 Å². The molecule has 0 unspecified atom stereocenters. The van der Waals surface area contributed by atoms with Gasteiger partial charge in [0, 0.05) is 30.8 Å². The lowest BCUT2D eigenvalue weighted by Crippen LogP contribution is -2.11. The molecular formula is C14H16N6O. The number of nitrogen functional groups attached to an aromatic ring is 1. The zero-order valence-electron chi connectivity index (χ0n) is 11.6. The number of rotatable bonds is 5. The van der Waals surface area contributed by atoms with Crippen LogP contribution < -0.4 is 16.6 Å². The zero-order valence-corrected chi connectivity index (χ0v) is 11.6. The highest BCUT2D eigenvalue weighted by Gasteiger charge is 2.09. The lowest BCUT2D eigenvalue weighted by molar-refractivity contribution is 0.185. The largest absolute Gasteiger partial charge is 0.380 e. The number of anilines is 3. The first-order valence-corrected chi connectivity index (χ1v) is 6.46. The number of hydrogen-bond acceptors (Lipinski definition) is 6. The van der Waals surface area contributed by atoms with Crippen LogP contribution in [0.3, 0.4) is 0 Å². The molecule has 0 fully saturated rings. The summed E-state index contributed by atoms with van der Waals surface area (Å²) in [6, 6.07) is 7.89. The van der Waals surface area contributed by atoms with Gasteiger partial charge in [-0.2, -0.15) is 0 Å². The number of nitrogens with two attached hydrogens (primary N) is 1. The van der Waals surface area contributed by atoms with Crippen molar-refractivity contribution in [2.75, 3.05) is 17.9 Å². The number of fused-ring (bicyclic) bond motifs is 1. The van der Waals surface area contributed by atoms with Gasteiger partial charge in [0.15, 0.2) is 17.3 Å². The number of benzene rings is 1. The third-order valence-corrected chi connectivity index (χ3v) is 3.09. The van der Waals surface area contributed by atoms with Gasteiger partial charge in [-0.3, -0.25) is 0 Å². The fourth-order valence-electron chi connectivity index (χ4n) is 2.14. The van der Waals surface area contributed by atoms with Crippen LogP contribution in [-0.4, -0.2) is 21.5 Å². The van der Waals surface area contributed by atoms with Crippen LogP contribution in [0.2, 0.25) is 0 Å². The molecule has 7 nitrogen and oxygen atoms in total. The molecule has 7 heteroatoms. The molecule has 3 aromatic rings. The van der Waals surface area contributed by atoms with Crippen LogP contribution >= 0.6 is 0 Å². The Morgan fingerprint density at radius 3 is 3.00 bits per heavy atom. The number of imidazole rings is 1. The van der Waals surface area contributed by atoms with Crippen molar-refractivity contribution in [3.05, 3.63) is 48.4 Å². The molecule has 0 bridgehead atoms. The Bertz CT molecular complexity index is 754. The van der Waals surface area contributed by atoms with E-state index in [-0.39, 0.29) is 0 Å². The number of nitrogens with zero attached hydrogens (tertiary/aromatic N) is 3. The maximum atomic E-state index is 5.46. The average molecular weight is 284 g/mol. The Labute approximate surface area is 121 Å². The summed E-state index contributed by atoms with van der Waals surface area (Å²) >= 11 is 0. The third-order valence-electron chi connectivity index (χ3n) is 3.09. The molecule has 1 aromatic carbocycles. The van der Waals surface area contributed by atoms with Crippen LogP contribution in [0.5, 0.6) is 0 Å². The first-order chi connectivity index (χ1) is 10.3. The number of hydrazine groups is 1. The van der Waals surface area contributed by atoms with Gasteiger partial charge in [-0.25, -0.2) is 15.8 Å². The highest BCUT2D eigenvalue weighted by molar-refractivity contribution is 5.72. The summed E-state index contributed by atoms with van der Waals surface area (Å²) in [7, 11) is 1.67. The van der Waals surface area contributed by atoms with Crippen molar-refractivity contribution in [1.29, 1.82) is 0 Å². The molecule has 0 atom stereocenters. The number of para-hydroxylation sites is 1. The van der Waals surface area contributed by atoms with E-state index in [2.05, 4.69) is 20.7 Å². The summed E-state index contributed by atoms with van der Waals surface area (Å²) in [6.45, 7) is 0.517. The normalized spacial score (nSPS) is 10.8. The highest BCUT2D eigenvalue weighted by Crippen LogP contribution is 2.24. The van der Waals surface area contributed by atoms with Crippen LogP contribution in [0.15, 0.2) is 42.9 Å². The van der Waals surface area contributed by atoms with Gasteiger partial charge in [0.2, 0.25) is 0 Å². The van der Waals surface area contributed by atoms with Crippen molar-refractivity contribution in [2.24, 2.45) is 5.84 Å². The Morgan fingerprint density at radius 2 is 2.19 bits per heavy atom. The Kier molecular flexibility index (Phi) is 3.67. The van der Waals surface area contributed by atoms with E-state index in [1.807, 2.05) is 34.9 Å². The van der Waals surface area contributed by atoms with E-state index in [0.717, 1.165) is 16.9 Å². The van der Waals surface area contributed by atoms with E-state index in [0.29, 0.717) is 18.2 Å². The van der Waals surface area contributed by atoms with Crippen molar-refractivity contribution in [3.63, 3.8) is 0 Å². The summed E-state index contributed by atoms with van der Waals surface area (Å²) in [5.41, 5.74) is 5.24. The molecule has 0 aliphatic carbocycles. The molecular weight excluding hydrogens is 268 g/mol. The van der Waals surface area contributed by atoms with E-state index in [4.69, 9.17) is 10.6 Å². The Morgan fingerprint density at radius 1 is 1.33 bits per heavy atom. The minimum Gasteiger partial charge on any atom is -0.380 e. The minimum atomic E-state index is 0.517. The monoisotopic (exact) mass is 284 g/mol. The van der Waals surface area contributed by atoms with Gasteiger partial charge in [-0.1, -0.05) is 18.2 Å². The van der Waals surface area contributed by atoms with Crippen molar-refractivity contribution < 1.29 is 4.74 Å². The molecule has 2 aromatic heterocycles. The summed E-state index contributed by atoms with van der Waals surface area (Å²) in [6.07, 6.45) is 5.32. The second-order valence-electron chi connectivity index (χ2n) is 4.49. The van der Waals surface area contributed by atoms with Gasteiger partial charge in [-0.15, -0.1) is 0 Å². The van der Waals surface area contributed by atoms with Crippen LogP contribution in [0.1, 0.15) is 5.56 Å². The lowest BCUT2D eigenvalue weighted by atomic mass is 10.2. The van der Waals surface area contributed by atoms with Crippen molar-refractivity contribution in [1.82, 2.24) is 14.4 Å². The lowest BCUT2D eigenvalue weighted by Gasteiger charge is -2.12. The molecule has 0 amide bonds. The Balaban J connectivity index is 2.03. The number of ether oxygens (including phenoxy) is 1. The fourth-order valence-corrected chi connectivity index (χ4v) is 2.14. The maximum Gasteiger partial charge on any atom is 0.180 e. The standard InChI is InChI=1S/C14H16N6O/c1-21-9-10-4-2-3-5-11(10)17-13-14-16-6-7-20(14)8-12(18-13)19-15/h2-8,19H,9,15H2,1H3,(H,17,18). The van der Waals surface area contributed by atoms with E-state index >= 15 is 0 Å². The van der Waals surface area contributed by atoms with E-state index < -0.39 is 0 Å². The van der Waals surface area contributed by atoms with Crippen LogP contribution in [0.25, 0.3) is 5.65 Å². The second-order valence-corrected chi connectivity index (χ2v) is 4.49. The molecule has 3 rings (SSSR count). The number of hydrogen-bond donors (Lipinski definition) is 3. The van der Waals surface area contributed by atoms with Crippen LogP contribution in [-0.2, 0) is 11.3 Å².